The number of hydrogen-bond donors (Lipinski definition) is 1. The van der Waals surface area contributed by atoms with Crippen LogP contribution >= 0.6 is 15.9 Å². The molecule has 5 heteroatoms. The van der Waals surface area contributed by atoms with Gasteiger partial charge in [-0.25, -0.2) is 0 Å². The van der Waals surface area contributed by atoms with E-state index in [1.807, 2.05) is 32.2 Å². The number of carbonyl (C=O) groups excluding carboxylic acids is 1. The molecule has 1 saturated heterocycles. The van der Waals surface area contributed by atoms with Crippen molar-refractivity contribution < 1.29 is 9.53 Å². The van der Waals surface area contributed by atoms with E-state index in [-0.39, 0.29) is 12.0 Å². The van der Waals surface area contributed by atoms with E-state index in [1.54, 1.807) is 4.90 Å². The van der Waals surface area contributed by atoms with E-state index in [4.69, 9.17) is 4.74 Å². The summed E-state index contributed by atoms with van der Waals surface area (Å²) in [4.78, 5) is 14.0. The zero-order chi connectivity index (χ0) is 13.8. The first-order valence-corrected chi connectivity index (χ1v) is 7.21. The van der Waals surface area contributed by atoms with Gasteiger partial charge >= 0.3 is 0 Å². The molecular weight excluding hydrogens is 308 g/mol. The van der Waals surface area contributed by atoms with Crippen molar-refractivity contribution in [3.63, 3.8) is 0 Å². The molecule has 1 N–H and O–H groups in total. The molecule has 1 aromatic carbocycles. The Morgan fingerprint density at radius 2 is 2.37 bits per heavy atom. The van der Waals surface area contributed by atoms with Crippen LogP contribution < -0.4 is 5.32 Å². The average Bonchev–Trinajstić information content (AvgIpc) is 2.42. The van der Waals surface area contributed by atoms with E-state index in [0.717, 1.165) is 23.1 Å². The van der Waals surface area contributed by atoms with Crippen LogP contribution in [0.4, 0.5) is 0 Å². The van der Waals surface area contributed by atoms with Gasteiger partial charge in [-0.2, -0.15) is 0 Å². The quantitative estimate of drug-likeness (QED) is 0.921. The number of rotatable bonds is 3. The highest BCUT2D eigenvalue weighted by atomic mass is 79.9. The Balaban J connectivity index is 1.99. The molecule has 1 aliphatic heterocycles. The Hall–Kier alpha value is -0.910. The predicted molar refractivity (Wildman–Crippen MR) is 78.4 cm³/mol. The summed E-state index contributed by atoms with van der Waals surface area (Å²) in [5.74, 6) is 0.0230. The minimum atomic E-state index is 0.0230. The molecule has 19 heavy (non-hydrogen) atoms. The summed E-state index contributed by atoms with van der Waals surface area (Å²) in [5, 5.41) is 3.26. The first-order chi connectivity index (χ1) is 9.08. The van der Waals surface area contributed by atoms with Gasteiger partial charge in [-0.15, -0.1) is 0 Å². The lowest BCUT2D eigenvalue weighted by Crippen LogP contribution is -2.45. The largest absolute Gasteiger partial charge is 0.374 e. The van der Waals surface area contributed by atoms with E-state index >= 15 is 0 Å². The van der Waals surface area contributed by atoms with E-state index < -0.39 is 0 Å². The summed E-state index contributed by atoms with van der Waals surface area (Å²) in [6.45, 7) is 5.01. The maximum atomic E-state index is 12.3. The van der Waals surface area contributed by atoms with Crippen molar-refractivity contribution >= 4 is 21.8 Å². The number of likely N-dealkylation sites (N-methyl/N-ethyl adjacent to an activating group) is 1. The van der Waals surface area contributed by atoms with Gasteiger partial charge < -0.3 is 15.0 Å². The minimum absolute atomic E-state index is 0.0230. The van der Waals surface area contributed by atoms with Crippen molar-refractivity contribution in [1.82, 2.24) is 10.2 Å². The lowest BCUT2D eigenvalue weighted by molar-refractivity contribution is 0.0104. The van der Waals surface area contributed by atoms with Crippen LogP contribution in [-0.2, 0) is 4.74 Å². The zero-order valence-corrected chi connectivity index (χ0v) is 12.9. The first-order valence-electron chi connectivity index (χ1n) is 6.42. The van der Waals surface area contributed by atoms with Crippen LogP contribution in [0.3, 0.4) is 0 Å². The molecule has 1 atom stereocenters. The number of nitrogens with zero attached hydrogens (tertiary/aromatic N) is 1. The third-order valence-corrected chi connectivity index (χ3v) is 4.10. The van der Waals surface area contributed by atoms with Gasteiger partial charge in [0.15, 0.2) is 0 Å². The van der Waals surface area contributed by atoms with E-state index in [1.165, 1.54) is 0 Å². The summed E-state index contributed by atoms with van der Waals surface area (Å²) < 4.78 is 6.57. The Bertz CT molecular complexity index is 459. The second-order valence-corrected chi connectivity index (χ2v) is 5.70. The van der Waals surface area contributed by atoms with Gasteiger partial charge in [0.2, 0.25) is 0 Å². The van der Waals surface area contributed by atoms with E-state index in [2.05, 4.69) is 21.2 Å². The van der Waals surface area contributed by atoms with Gasteiger partial charge in [0, 0.05) is 36.7 Å². The smallest absolute Gasteiger partial charge is 0.253 e. The number of halogens is 1. The van der Waals surface area contributed by atoms with Crippen LogP contribution in [-0.4, -0.2) is 50.2 Å². The molecule has 2 rings (SSSR count). The minimum Gasteiger partial charge on any atom is -0.374 e. The average molecular weight is 327 g/mol. The summed E-state index contributed by atoms with van der Waals surface area (Å²) >= 11 is 3.46. The van der Waals surface area contributed by atoms with Crippen molar-refractivity contribution in [2.75, 3.05) is 33.3 Å². The fraction of sp³-hybridized carbons (Fsp3) is 0.500. The first kappa shape index (κ1) is 14.5. The van der Waals surface area contributed by atoms with Crippen LogP contribution in [0, 0.1) is 6.92 Å². The number of benzene rings is 1. The highest BCUT2D eigenvalue weighted by Crippen LogP contribution is 2.18. The van der Waals surface area contributed by atoms with Crippen molar-refractivity contribution in [2.24, 2.45) is 0 Å². The van der Waals surface area contributed by atoms with Crippen LogP contribution in [0.25, 0.3) is 0 Å². The fourth-order valence-electron chi connectivity index (χ4n) is 2.07. The molecular formula is C14H19BrN2O2. The van der Waals surface area contributed by atoms with Gasteiger partial charge in [-0.1, -0.05) is 22.0 Å². The van der Waals surface area contributed by atoms with Gasteiger partial charge in [0.05, 0.1) is 12.7 Å². The van der Waals surface area contributed by atoms with Crippen LogP contribution in [0.2, 0.25) is 0 Å². The lowest BCUT2D eigenvalue weighted by Gasteiger charge is -2.28. The predicted octanol–water partition coefficient (Wildman–Crippen LogP) is 1.82. The maximum absolute atomic E-state index is 12.3. The van der Waals surface area contributed by atoms with E-state index in [0.29, 0.717) is 18.7 Å². The standard InChI is InChI=1S/C14H19BrN2O2/c1-10-3-4-11(7-13(10)15)14(18)17(2)9-12-8-16-5-6-19-12/h3-4,7,12,16H,5-6,8-9H2,1-2H3. The lowest BCUT2D eigenvalue weighted by atomic mass is 10.1. The van der Waals surface area contributed by atoms with Crippen molar-refractivity contribution in [3.05, 3.63) is 33.8 Å². The molecule has 0 saturated carbocycles. The maximum Gasteiger partial charge on any atom is 0.253 e. The molecule has 1 amide bonds. The van der Waals surface area contributed by atoms with Crippen LogP contribution in [0.5, 0.6) is 0 Å². The van der Waals surface area contributed by atoms with Crippen molar-refractivity contribution in [3.8, 4) is 0 Å². The third-order valence-electron chi connectivity index (χ3n) is 3.25. The highest BCUT2D eigenvalue weighted by Gasteiger charge is 2.19. The Morgan fingerprint density at radius 1 is 1.58 bits per heavy atom. The summed E-state index contributed by atoms with van der Waals surface area (Å²) in [5.41, 5.74) is 1.82. The highest BCUT2D eigenvalue weighted by molar-refractivity contribution is 9.10. The Kier molecular flexibility index (Phi) is 4.96. The molecule has 0 aliphatic carbocycles. The molecule has 4 nitrogen and oxygen atoms in total. The summed E-state index contributed by atoms with van der Waals surface area (Å²) in [7, 11) is 1.81. The third kappa shape index (κ3) is 3.78. The monoisotopic (exact) mass is 326 g/mol. The summed E-state index contributed by atoms with van der Waals surface area (Å²) in [6.07, 6.45) is 0.0802. The molecule has 0 aromatic heterocycles. The molecule has 1 aliphatic rings. The molecule has 1 fully saturated rings. The fourth-order valence-corrected chi connectivity index (χ4v) is 2.45. The molecule has 0 bridgehead atoms. The molecule has 1 aromatic rings. The van der Waals surface area contributed by atoms with Gasteiger partial charge in [-0.05, 0) is 24.6 Å². The molecule has 104 valence electrons. The number of nitrogens with one attached hydrogen (secondary N) is 1. The second kappa shape index (κ2) is 6.50. The number of hydrogen-bond acceptors (Lipinski definition) is 3. The normalized spacial score (nSPS) is 19.2. The molecule has 0 spiro atoms. The summed E-state index contributed by atoms with van der Waals surface area (Å²) in [6, 6.07) is 5.68. The number of amides is 1. The number of morpholine rings is 1. The van der Waals surface area contributed by atoms with Crippen LogP contribution in [0.15, 0.2) is 22.7 Å². The van der Waals surface area contributed by atoms with Crippen LogP contribution in [0.1, 0.15) is 15.9 Å². The molecule has 1 heterocycles. The van der Waals surface area contributed by atoms with Gasteiger partial charge in [-0.3, -0.25) is 4.79 Å². The topological polar surface area (TPSA) is 41.6 Å². The second-order valence-electron chi connectivity index (χ2n) is 4.85. The van der Waals surface area contributed by atoms with Crippen molar-refractivity contribution in [1.29, 1.82) is 0 Å². The Labute approximate surface area is 122 Å². The van der Waals surface area contributed by atoms with Gasteiger partial charge in [0.1, 0.15) is 0 Å². The van der Waals surface area contributed by atoms with Gasteiger partial charge in [0.25, 0.3) is 5.91 Å². The Morgan fingerprint density at radius 3 is 3.00 bits per heavy atom. The SMILES string of the molecule is Cc1ccc(C(=O)N(C)CC2CNCCO2)cc1Br. The number of ether oxygens (including phenoxy) is 1. The van der Waals surface area contributed by atoms with E-state index in [9.17, 15) is 4.79 Å². The molecule has 1 unspecified atom stereocenters. The number of aryl methyl sites for hydroxylation is 1. The zero-order valence-electron chi connectivity index (χ0n) is 11.3. The number of carbonyl (C=O) groups is 1. The van der Waals surface area contributed by atoms with Crippen molar-refractivity contribution in [2.45, 2.75) is 13.0 Å². The molecule has 0 radical (unpaired) electrons.